The molecule has 0 saturated carbocycles. The van der Waals surface area contributed by atoms with Gasteiger partial charge < -0.3 is 40.2 Å². The van der Waals surface area contributed by atoms with E-state index in [0.717, 1.165) is 12.7 Å². The number of nitrogens with one attached hydrogen (secondary N) is 1. The van der Waals surface area contributed by atoms with Crippen LogP contribution < -0.4 is 11.3 Å². The average molecular weight is 658 g/mol. The number of anilines is 1. The van der Waals surface area contributed by atoms with E-state index < -0.39 is 83.4 Å². The van der Waals surface area contributed by atoms with E-state index in [1.54, 1.807) is 0 Å². The van der Waals surface area contributed by atoms with Crippen molar-refractivity contribution in [2.24, 2.45) is 4.99 Å². The van der Waals surface area contributed by atoms with Gasteiger partial charge in [-0.25, -0.2) is 29.1 Å². The SMILES string of the molecule is Nc1ncnc2c1ncn2[C@@H]1O[C@@H]2COP(=O)(O)O[C@@H]3[C@H](O)[C@@H](COP(=O)(O)O[C@H]2[C@H]1O)O[C@H]3C1=NCc2c1nc[nH]c2=O. The molecule has 2 bridgehead atoms. The van der Waals surface area contributed by atoms with Gasteiger partial charge in [0.15, 0.2) is 17.7 Å². The second-order valence-electron chi connectivity index (χ2n) is 10.2. The normalized spacial score (nSPS) is 39.2. The van der Waals surface area contributed by atoms with E-state index in [0.29, 0.717) is 0 Å². The molecule has 4 aliphatic heterocycles. The number of nitrogen functional groups attached to an aromatic ring is 1. The molecule has 3 fully saturated rings. The van der Waals surface area contributed by atoms with Crippen LogP contribution in [0.2, 0.25) is 0 Å². The summed E-state index contributed by atoms with van der Waals surface area (Å²) in [6.07, 6.45) is -8.75. The van der Waals surface area contributed by atoms with Crippen LogP contribution in [-0.2, 0) is 43.2 Å². The van der Waals surface area contributed by atoms with Crippen molar-refractivity contribution in [1.29, 1.82) is 0 Å². The molecular weight excluding hydrogens is 634 g/mol. The van der Waals surface area contributed by atoms with Gasteiger partial charge in [-0.1, -0.05) is 0 Å². The minimum atomic E-state index is -5.06. The molecule has 0 amide bonds. The van der Waals surface area contributed by atoms with Gasteiger partial charge in [-0.05, 0) is 0 Å². The lowest BCUT2D eigenvalue weighted by molar-refractivity contribution is -0.0544. The molecule has 4 aliphatic rings. The summed E-state index contributed by atoms with van der Waals surface area (Å²) in [4.78, 5) is 56.3. The molecule has 2 unspecified atom stereocenters. The second kappa shape index (κ2) is 10.8. The number of aromatic amines is 1. The van der Waals surface area contributed by atoms with Gasteiger partial charge in [0, 0.05) is 0 Å². The number of aliphatic hydroxyl groups is 2. The van der Waals surface area contributed by atoms with Gasteiger partial charge in [0.1, 0.15) is 54.6 Å². The summed E-state index contributed by atoms with van der Waals surface area (Å²) in [6.45, 7) is -1.67. The molecular formula is C21H24N8O13P2. The van der Waals surface area contributed by atoms with E-state index in [1.165, 1.54) is 10.9 Å². The first-order valence-corrected chi connectivity index (χ1v) is 15.9. The molecule has 10 atom stereocenters. The molecule has 0 aliphatic carbocycles. The quantitative estimate of drug-likeness (QED) is 0.161. The Labute approximate surface area is 244 Å². The maximum Gasteiger partial charge on any atom is 0.472 e. The highest BCUT2D eigenvalue weighted by molar-refractivity contribution is 7.47. The number of aromatic nitrogens is 6. The Balaban J connectivity index is 1.19. The van der Waals surface area contributed by atoms with Crippen LogP contribution in [0.4, 0.5) is 5.82 Å². The van der Waals surface area contributed by atoms with Gasteiger partial charge in [0.2, 0.25) is 0 Å². The molecule has 3 aromatic rings. The van der Waals surface area contributed by atoms with Crippen LogP contribution in [-0.4, -0.2) is 111 Å². The number of nitrogens with two attached hydrogens (primary N) is 1. The summed E-state index contributed by atoms with van der Waals surface area (Å²) >= 11 is 0. The number of phosphoric ester groups is 2. The van der Waals surface area contributed by atoms with E-state index in [2.05, 4.69) is 29.9 Å². The van der Waals surface area contributed by atoms with Gasteiger partial charge in [0.05, 0.1) is 49.4 Å². The van der Waals surface area contributed by atoms with Crippen LogP contribution in [0.25, 0.3) is 11.2 Å². The maximum atomic E-state index is 13.2. The van der Waals surface area contributed by atoms with Crippen LogP contribution in [0, 0.1) is 0 Å². The van der Waals surface area contributed by atoms with Crippen molar-refractivity contribution in [2.45, 2.75) is 55.5 Å². The lowest BCUT2D eigenvalue weighted by atomic mass is 10.0. The van der Waals surface area contributed by atoms with Crippen LogP contribution in [0.5, 0.6) is 0 Å². The second-order valence-corrected chi connectivity index (χ2v) is 13.0. The highest BCUT2D eigenvalue weighted by Gasteiger charge is 2.54. The monoisotopic (exact) mass is 658 g/mol. The fourth-order valence-electron chi connectivity index (χ4n) is 5.45. The lowest BCUT2D eigenvalue weighted by Crippen LogP contribution is -2.39. The fraction of sp³-hybridized carbons (Fsp3) is 0.524. The summed E-state index contributed by atoms with van der Waals surface area (Å²) in [5.74, 6) is 0.0435. The van der Waals surface area contributed by atoms with E-state index >= 15 is 0 Å². The molecule has 7 rings (SSSR count). The number of aliphatic imine (C=N–C) groups is 1. The standard InChI is InChI=1S/C21H24N8O13P2/c22-18-12-19(26-5-25-18)29(6-28-12)21-14(31)15-9(40-21)3-38-44(35,36)42-17-13(30)8(2-37-43(33,34)41-15)39-16(17)11-10-7(1-23-11)20(32)27-4-24-10/h4-6,8-9,13-17,21,30-31H,1-3H2,(H,33,34)(H,35,36)(H2,22,25,26)(H,24,27,32)/t8-,9-,13-,14-,15-,16+,17-,21-/m1/s1. The number of aliphatic hydroxyl groups excluding tert-OH is 2. The number of ether oxygens (including phenoxy) is 2. The maximum absolute atomic E-state index is 13.2. The third kappa shape index (κ3) is 5.10. The van der Waals surface area contributed by atoms with Gasteiger partial charge in [0.25, 0.3) is 5.56 Å². The minimum absolute atomic E-state index is 0.0373. The van der Waals surface area contributed by atoms with E-state index in [-0.39, 0.29) is 40.5 Å². The van der Waals surface area contributed by atoms with E-state index in [1.807, 2.05) is 0 Å². The molecule has 236 valence electrons. The summed E-state index contributed by atoms with van der Waals surface area (Å²) in [6, 6.07) is 0. The predicted molar refractivity (Wildman–Crippen MR) is 141 cm³/mol. The zero-order chi connectivity index (χ0) is 31.0. The first kappa shape index (κ1) is 29.7. The van der Waals surface area contributed by atoms with Crippen molar-refractivity contribution in [3.05, 3.63) is 40.6 Å². The zero-order valence-electron chi connectivity index (χ0n) is 22.1. The van der Waals surface area contributed by atoms with Crippen molar-refractivity contribution < 1.29 is 56.7 Å². The average Bonchev–Trinajstić information content (AvgIpc) is 3.73. The molecule has 7 heterocycles. The number of hydrogen-bond donors (Lipinski definition) is 6. The first-order valence-electron chi connectivity index (χ1n) is 13.0. The van der Waals surface area contributed by atoms with Crippen molar-refractivity contribution in [3.63, 3.8) is 0 Å². The van der Waals surface area contributed by atoms with E-state index in [4.69, 9.17) is 33.3 Å². The predicted octanol–water partition coefficient (Wildman–Crippen LogP) is -2.10. The van der Waals surface area contributed by atoms with Crippen LogP contribution in [0.15, 0.2) is 28.8 Å². The van der Waals surface area contributed by atoms with Gasteiger partial charge >= 0.3 is 15.6 Å². The summed E-state index contributed by atoms with van der Waals surface area (Å²) < 4.78 is 60.0. The Morgan fingerprint density at radius 1 is 0.955 bits per heavy atom. The van der Waals surface area contributed by atoms with Gasteiger partial charge in [-0.3, -0.25) is 32.4 Å². The minimum Gasteiger partial charge on any atom is -0.387 e. The molecule has 3 aromatic heterocycles. The largest absolute Gasteiger partial charge is 0.472 e. The Morgan fingerprint density at radius 2 is 1.68 bits per heavy atom. The number of phosphoric acid groups is 2. The topological polar surface area (TPSA) is 298 Å². The third-order valence-corrected chi connectivity index (χ3v) is 9.46. The van der Waals surface area contributed by atoms with Crippen molar-refractivity contribution in [1.82, 2.24) is 29.5 Å². The number of H-pyrrole nitrogens is 1. The highest BCUT2D eigenvalue weighted by atomic mass is 31.2. The molecule has 0 aromatic carbocycles. The number of hydrogen-bond acceptors (Lipinski definition) is 17. The number of nitrogens with zero attached hydrogens (tertiary/aromatic N) is 6. The van der Waals surface area contributed by atoms with Gasteiger partial charge in [-0.15, -0.1) is 0 Å². The molecule has 3 saturated heterocycles. The van der Waals surface area contributed by atoms with Crippen molar-refractivity contribution in [3.8, 4) is 0 Å². The zero-order valence-corrected chi connectivity index (χ0v) is 23.9. The van der Waals surface area contributed by atoms with Crippen LogP contribution >= 0.6 is 15.6 Å². The summed E-state index contributed by atoms with van der Waals surface area (Å²) in [5, 5.41) is 22.1. The number of fused-ring (bicyclic) bond motifs is 5. The summed E-state index contributed by atoms with van der Waals surface area (Å²) in [5.41, 5.74) is 6.06. The first-order chi connectivity index (χ1) is 20.9. The van der Waals surface area contributed by atoms with E-state index in [9.17, 15) is 33.9 Å². The number of imidazole rings is 1. The van der Waals surface area contributed by atoms with Crippen molar-refractivity contribution in [2.75, 3.05) is 18.9 Å². The third-order valence-electron chi connectivity index (χ3n) is 7.49. The summed E-state index contributed by atoms with van der Waals surface area (Å²) in [7, 11) is -10.1. The van der Waals surface area contributed by atoms with Crippen LogP contribution in [0.3, 0.4) is 0 Å². The fourth-order valence-corrected chi connectivity index (χ4v) is 7.35. The molecule has 0 radical (unpaired) electrons. The van der Waals surface area contributed by atoms with Gasteiger partial charge in [-0.2, -0.15) is 0 Å². The smallest absolute Gasteiger partial charge is 0.387 e. The Kier molecular flexibility index (Phi) is 7.28. The molecule has 23 heteroatoms. The molecule has 21 nitrogen and oxygen atoms in total. The number of rotatable bonds is 2. The Hall–Kier alpha value is -3.04. The van der Waals surface area contributed by atoms with Crippen molar-refractivity contribution >= 4 is 38.3 Å². The lowest BCUT2D eigenvalue weighted by Gasteiger charge is -2.25. The highest BCUT2D eigenvalue weighted by Crippen LogP contribution is 2.53. The molecule has 7 N–H and O–H groups in total. The Bertz CT molecular complexity index is 1800. The molecule has 0 spiro atoms. The Morgan fingerprint density at radius 3 is 2.45 bits per heavy atom. The molecule has 44 heavy (non-hydrogen) atoms. The van der Waals surface area contributed by atoms with Crippen LogP contribution in [0.1, 0.15) is 17.5 Å².